The van der Waals surface area contributed by atoms with Crippen molar-refractivity contribution < 1.29 is 4.79 Å². The summed E-state index contributed by atoms with van der Waals surface area (Å²) in [7, 11) is 0. The molecule has 1 aliphatic carbocycles. The second-order valence-corrected chi connectivity index (χ2v) is 9.16. The molecule has 1 saturated carbocycles. The summed E-state index contributed by atoms with van der Waals surface area (Å²) in [4.78, 5) is 17.1. The molecule has 3 aliphatic rings. The van der Waals surface area contributed by atoms with E-state index in [9.17, 15) is 4.79 Å². The van der Waals surface area contributed by atoms with Crippen molar-refractivity contribution in [1.29, 1.82) is 0 Å². The van der Waals surface area contributed by atoms with E-state index >= 15 is 0 Å². The maximum atomic E-state index is 12.3. The van der Waals surface area contributed by atoms with Crippen LogP contribution in [0.1, 0.15) is 63.0 Å². The van der Waals surface area contributed by atoms with Crippen LogP contribution in [0.4, 0.5) is 0 Å². The lowest BCUT2D eigenvalue weighted by Crippen LogP contribution is -2.51. The monoisotopic (exact) mass is 354 g/mol. The quantitative estimate of drug-likeness (QED) is 0.792. The van der Waals surface area contributed by atoms with Crippen molar-refractivity contribution in [3.63, 3.8) is 0 Å². The highest BCUT2D eigenvalue weighted by molar-refractivity contribution is 5.73. The predicted octanol–water partition coefficient (Wildman–Crippen LogP) is 4.25. The molecule has 2 aliphatic heterocycles. The van der Waals surface area contributed by atoms with Gasteiger partial charge in [-0.05, 0) is 55.7 Å². The first kappa shape index (κ1) is 18.0. The van der Waals surface area contributed by atoms with Gasteiger partial charge in [0, 0.05) is 38.5 Å². The second-order valence-electron chi connectivity index (χ2n) is 9.16. The molecular formula is C23H34N2O. The molecule has 26 heavy (non-hydrogen) atoms. The SMILES string of the molecule is CC(=O)N1Cc2ccccc2CC2(CCCN(CC3CCCCC3)C2)C1. The van der Waals surface area contributed by atoms with Gasteiger partial charge in [0.15, 0.2) is 0 Å². The van der Waals surface area contributed by atoms with Crippen molar-refractivity contribution in [3.8, 4) is 0 Å². The molecule has 142 valence electrons. The average Bonchev–Trinajstić information content (AvgIpc) is 2.79. The van der Waals surface area contributed by atoms with Crippen LogP contribution in [-0.2, 0) is 17.8 Å². The fourth-order valence-corrected chi connectivity index (χ4v) is 5.71. The molecule has 1 amide bonds. The molecular weight excluding hydrogens is 320 g/mol. The average molecular weight is 355 g/mol. The number of carbonyl (C=O) groups is 1. The number of rotatable bonds is 2. The third-order valence-corrected chi connectivity index (χ3v) is 7.00. The number of amides is 1. The highest BCUT2D eigenvalue weighted by Crippen LogP contribution is 2.39. The third-order valence-electron chi connectivity index (χ3n) is 7.00. The van der Waals surface area contributed by atoms with Crippen molar-refractivity contribution in [2.45, 2.75) is 64.8 Å². The minimum absolute atomic E-state index is 0.227. The van der Waals surface area contributed by atoms with E-state index in [-0.39, 0.29) is 11.3 Å². The van der Waals surface area contributed by atoms with Gasteiger partial charge in [0.1, 0.15) is 0 Å². The van der Waals surface area contributed by atoms with Crippen molar-refractivity contribution >= 4 is 5.91 Å². The number of hydrogen-bond acceptors (Lipinski definition) is 2. The number of benzene rings is 1. The Hall–Kier alpha value is -1.35. The normalized spacial score (nSPS) is 28.0. The molecule has 2 heterocycles. The van der Waals surface area contributed by atoms with Crippen LogP contribution in [0.15, 0.2) is 24.3 Å². The van der Waals surface area contributed by atoms with Crippen molar-refractivity contribution in [2.75, 3.05) is 26.2 Å². The molecule has 4 rings (SSSR count). The van der Waals surface area contributed by atoms with Crippen molar-refractivity contribution in [2.24, 2.45) is 11.3 Å². The number of hydrogen-bond donors (Lipinski definition) is 0. The Labute approximate surface area is 158 Å². The Kier molecular flexibility index (Phi) is 5.35. The maximum Gasteiger partial charge on any atom is 0.219 e. The number of carbonyl (C=O) groups excluding carboxylic acids is 1. The van der Waals surface area contributed by atoms with E-state index in [1.165, 1.54) is 75.7 Å². The first-order chi connectivity index (χ1) is 12.6. The van der Waals surface area contributed by atoms with Gasteiger partial charge in [-0.25, -0.2) is 0 Å². The highest BCUT2D eigenvalue weighted by atomic mass is 16.2. The smallest absolute Gasteiger partial charge is 0.219 e. The molecule has 1 atom stereocenters. The van der Waals surface area contributed by atoms with E-state index in [4.69, 9.17) is 0 Å². The Morgan fingerprint density at radius 3 is 2.62 bits per heavy atom. The van der Waals surface area contributed by atoms with Gasteiger partial charge in [0.25, 0.3) is 0 Å². The van der Waals surface area contributed by atoms with Crippen LogP contribution in [-0.4, -0.2) is 41.9 Å². The van der Waals surface area contributed by atoms with Crippen LogP contribution in [0.25, 0.3) is 0 Å². The molecule has 1 unspecified atom stereocenters. The van der Waals surface area contributed by atoms with Crippen molar-refractivity contribution in [3.05, 3.63) is 35.4 Å². The van der Waals surface area contributed by atoms with Crippen LogP contribution < -0.4 is 0 Å². The molecule has 3 heteroatoms. The van der Waals surface area contributed by atoms with Crippen LogP contribution in [0.2, 0.25) is 0 Å². The van der Waals surface area contributed by atoms with Crippen LogP contribution in [0, 0.1) is 11.3 Å². The lowest BCUT2D eigenvalue weighted by Gasteiger charge is -2.45. The van der Waals surface area contributed by atoms with Crippen molar-refractivity contribution in [1.82, 2.24) is 9.80 Å². The molecule has 1 saturated heterocycles. The zero-order valence-electron chi connectivity index (χ0n) is 16.4. The summed E-state index contributed by atoms with van der Waals surface area (Å²) < 4.78 is 0. The number of nitrogens with zero attached hydrogens (tertiary/aromatic N) is 2. The van der Waals surface area contributed by atoms with Gasteiger partial charge in [0.2, 0.25) is 5.91 Å². The summed E-state index contributed by atoms with van der Waals surface area (Å²) in [6, 6.07) is 8.79. The molecule has 3 nitrogen and oxygen atoms in total. The van der Waals surface area contributed by atoms with Crippen LogP contribution in [0.3, 0.4) is 0 Å². The zero-order valence-corrected chi connectivity index (χ0v) is 16.4. The topological polar surface area (TPSA) is 23.6 Å². The molecule has 1 aromatic rings. The van der Waals surface area contributed by atoms with E-state index in [1.807, 2.05) is 0 Å². The molecule has 0 bridgehead atoms. The minimum Gasteiger partial charge on any atom is -0.338 e. The summed E-state index contributed by atoms with van der Waals surface area (Å²) in [6.07, 6.45) is 10.8. The van der Waals surface area contributed by atoms with E-state index in [0.717, 1.165) is 25.4 Å². The van der Waals surface area contributed by atoms with E-state index < -0.39 is 0 Å². The third kappa shape index (κ3) is 3.98. The maximum absolute atomic E-state index is 12.3. The fourth-order valence-electron chi connectivity index (χ4n) is 5.71. The number of piperidine rings is 1. The lowest BCUT2D eigenvalue weighted by molar-refractivity contribution is -0.131. The predicted molar refractivity (Wildman–Crippen MR) is 106 cm³/mol. The molecule has 0 radical (unpaired) electrons. The van der Waals surface area contributed by atoms with Gasteiger partial charge < -0.3 is 9.80 Å². The molecule has 0 N–H and O–H groups in total. The van der Waals surface area contributed by atoms with E-state index in [1.54, 1.807) is 6.92 Å². The van der Waals surface area contributed by atoms with Gasteiger partial charge in [-0.3, -0.25) is 4.79 Å². The van der Waals surface area contributed by atoms with Crippen LogP contribution >= 0.6 is 0 Å². The van der Waals surface area contributed by atoms with E-state index in [0.29, 0.717) is 0 Å². The largest absolute Gasteiger partial charge is 0.338 e. The highest BCUT2D eigenvalue weighted by Gasteiger charge is 2.40. The molecule has 2 fully saturated rings. The second kappa shape index (κ2) is 7.72. The first-order valence-corrected chi connectivity index (χ1v) is 10.7. The Bertz CT molecular complexity index is 637. The Balaban J connectivity index is 1.53. The summed E-state index contributed by atoms with van der Waals surface area (Å²) in [5.41, 5.74) is 3.06. The van der Waals surface area contributed by atoms with Gasteiger partial charge in [-0.1, -0.05) is 43.5 Å². The Morgan fingerprint density at radius 2 is 1.85 bits per heavy atom. The number of fused-ring (bicyclic) bond motifs is 1. The molecule has 1 spiro atoms. The molecule has 0 aromatic heterocycles. The summed E-state index contributed by atoms with van der Waals surface area (Å²) in [5, 5.41) is 0. The van der Waals surface area contributed by atoms with Gasteiger partial charge in [-0.15, -0.1) is 0 Å². The van der Waals surface area contributed by atoms with Gasteiger partial charge in [0.05, 0.1) is 0 Å². The summed E-state index contributed by atoms with van der Waals surface area (Å²) in [6.45, 7) is 7.16. The number of likely N-dealkylation sites (tertiary alicyclic amines) is 1. The van der Waals surface area contributed by atoms with Gasteiger partial charge >= 0.3 is 0 Å². The summed E-state index contributed by atoms with van der Waals surface area (Å²) >= 11 is 0. The molecule has 1 aromatic carbocycles. The zero-order chi connectivity index (χ0) is 18.0. The minimum atomic E-state index is 0.227. The standard InChI is InChI=1S/C23H34N2O/c1-19(26)25-16-22-11-6-5-10-21(22)14-23(18-25)12-7-13-24(17-23)15-20-8-3-2-4-9-20/h5-6,10-11,20H,2-4,7-9,12-18H2,1H3. The van der Waals surface area contributed by atoms with Gasteiger partial charge in [-0.2, -0.15) is 0 Å². The lowest BCUT2D eigenvalue weighted by atomic mass is 9.74. The fraction of sp³-hybridized carbons (Fsp3) is 0.696. The first-order valence-electron chi connectivity index (χ1n) is 10.7. The van der Waals surface area contributed by atoms with E-state index in [2.05, 4.69) is 34.1 Å². The Morgan fingerprint density at radius 1 is 1.08 bits per heavy atom. The van der Waals surface area contributed by atoms with Crippen LogP contribution in [0.5, 0.6) is 0 Å². The summed E-state index contributed by atoms with van der Waals surface area (Å²) in [5.74, 6) is 1.13.